The molecule has 0 amide bonds. The van der Waals surface area contributed by atoms with E-state index in [2.05, 4.69) is 0 Å². The van der Waals surface area contributed by atoms with Gasteiger partial charge in [0.15, 0.2) is 0 Å². The van der Waals surface area contributed by atoms with Crippen molar-refractivity contribution in [3.63, 3.8) is 0 Å². The predicted molar refractivity (Wildman–Crippen MR) is 89.1 cm³/mol. The lowest BCUT2D eigenvalue weighted by Gasteiger charge is -2.27. The monoisotopic (exact) mass is 322 g/mol. The minimum Gasteiger partial charge on any atom is -0.437 e. The summed E-state index contributed by atoms with van der Waals surface area (Å²) < 4.78 is 5.41. The Kier molecular flexibility index (Phi) is 3.84. The fourth-order valence-corrected chi connectivity index (χ4v) is 3.31. The van der Waals surface area contributed by atoms with Crippen LogP contribution in [0.25, 0.3) is 0 Å². The summed E-state index contributed by atoms with van der Waals surface area (Å²) in [6.07, 6.45) is 0.837. The molecule has 3 rings (SSSR count). The minimum atomic E-state index is -1.91. The summed E-state index contributed by atoms with van der Waals surface area (Å²) in [5.41, 5.74) is 0.951. The molecule has 122 valence electrons. The first-order valence-corrected chi connectivity index (χ1v) is 7.90. The number of hydrogen-bond acceptors (Lipinski definition) is 4. The van der Waals surface area contributed by atoms with Gasteiger partial charge < -0.3 is 4.74 Å². The molecule has 24 heavy (non-hydrogen) atoms. The summed E-state index contributed by atoms with van der Waals surface area (Å²) in [4.78, 5) is 37.9. The van der Waals surface area contributed by atoms with Crippen molar-refractivity contribution in [3.8, 4) is 0 Å². The maximum Gasteiger partial charge on any atom is 0.304 e. The number of ketones is 2. The van der Waals surface area contributed by atoms with Crippen LogP contribution in [0.3, 0.4) is 0 Å². The number of ether oxygens (including phenoxy) is 1. The van der Waals surface area contributed by atoms with Gasteiger partial charge in [0.2, 0.25) is 11.6 Å². The van der Waals surface area contributed by atoms with E-state index in [1.807, 2.05) is 26.0 Å². The molecule has 1 aliphatic carbocycles. The molecule has 0 bridgehead atoms. The Bertz CT molecular complexity index is 829. The van der Waals surface area contributed by atoms with Gasteiger partial charge in [0.25, 0.3) is 5.60 Å². The molecule has 0 radical (unpaired) electrons. The van der Waals surface area contributed by atoms with Crippen molar-refractivity contribution < 1.29 is 19.1 Å². The van der Waals surface area contributed by atoms with E-state index in [4.69, 9.17) is 4.74 Å². The average Bonchev–Trinajstić information content (AvgIpc) is 2.77. The molecule has 4 nitrogen and oxygen atoms in total. The van der Waals surface area contributed by atoms with Crippen LogP contribution in [0.2, 0.25) is 0 Å². The number of carbonyl (C=O) groups excluding carboxylic acids is 3. The Hall–Kier alpha value is -2.75. The second-order valence-electron chi connectivity index (χ2n) is 5.98. The summed E-state index contributed by atoms with van der Waals surface area (Å²) in [7, 11) is 0. The van der Waals surface area contributed by atoms with Crippen LogP contribution in [0, 0.1) is 6.92 Å². The zero-order chi connectivity index (χ0) is 17.5. The highest BCUT2D eigenvalue weighted by molar-refractivity contribution is 6.32. The molecule has 4 heteroatoms. The molecule has 0 heterocycles. The number of benzene rings is 2. The largest absolute Gasteiger partial charge is 0.437 e. The van der Waals surface area contributed by atoms with Gasteiger partial charge in [0.05, 0.1) is 0 Å². The van der Waals surface area contributed by atoms with Gasteiger partial charge in [0, 0.05) is 23.6 Å². The second kappa shape index (κ2) is 5.71. The molecule has 0 atom stereocenters. The van der Waals surface area contributed by atoms with E-state index >= 15 is 0 Å². The fourth-order valence-electron chi connectivity index (χ4n) is 3.31. The standard InChI is InChI=1S/C20H18O4/c1-4-14-9-10-17(12(2)11-14)20(24-13(3)21)18(22)15-7-5-6-8-16(15)19(20)23/h5-11H,4H2,1-3H3. The van der Waals surface area contributed by atoms with E-state index in [1.165, 1.54) is 6.92 Å². The van der Waals surface area contributed by atoms with Gasteiger partial charge >= 0.3 is 5.97 Å². The molecule has 0 unspecified atom stereocenters. The number of carbonyl (C=O) groups is 3. The number of aryl methyl sites for hydroxylation is 2. The zero-order valence-electron chi connectivity index (χ0n) is 13.9. The molecular weight excluding hydrogens is 304 g/mol. The van der Waals surface area contributed by atoms with Crippen molar-refractivity contribution in [1.29, 1.82) is 0 Å². The van der Waals surface area contributed by atoms with E-state index in [9.17, 15) is 14.4 Å². The van der Waals surface area contributed by atoms with E-state index in [1.54, 1.807) is 30.3 Å². The van der Waals surface area contributed by atoms with Crippen LogP contribution in [0.1, 0.15) is 51.3 Å². The molecule has 0 saturated carbocycles. The van der Waals surface area contributed by atoms with Crippen LogP contribution in [-0.4, -0.2) is 17.5 Å². The molecule has 0 N–H and O–H groups in total. The van der Waals surface area contributed by atoms with Crippen molar-refractivity contribution in [2.75, 3.05) is 0 Å². The average molecular weight is 322 g/mol. The predicted octanol–water partition coefficient (Wildman–Crippen LogP) is 3.40. The first kappa shape index (κ1) is 16.1. The Balaban J connectivity index is 2.27. The number of fused-ring (bicyclic) bond motifs is 1. The van der Waals surface area contributed by atoms with Crippen molar-refractivity contribution >= 4 is 17.5 Å². The van der Waals surface area contributed by atoms with Gasteiger partial charge in [-0.2, -0.15) is 0 Å². The molecule has 0 spiro atoms. The lowest BCUT2D eigenvalue weighted by atomic mass is 9.84. The molecule has 0 aliphatic heterocycles. The molecule has 0 saturated heterocycles. The van der Waals surface area contributed by atoms with E-state index in [0.717, 1.165) is 17.5 Å². The first-order valence-electron chi connectivity index (χ1n) is 7.90. The van der Waals surface area contributed by atoms with Crippen LogP contribution in [-0.2, 0) is 21.6 Å². The van der Waals surface area contributed by atoms with Crippen molar-refractivity contribution in [2.45, 2.75) is 32.8 Å². The Morgan fingerprint density at radius 3 is 2.08 bits per heavy atom. The maximum atomic E-state index is 13.1. The third-order valence-corrected chi connectivity index (χ3v) is 4.43. The van der Waals surface area contributed by atoms with E-state index in [0.29, 0.717) is 16.7 Å². The van der Waals surface area contributed by atoms with Gasteiger partial charge in [-0.1, -0.05) is 49.4 Å². The number of Topliss-reactive ketones (excluding diaryl/α,β-unsaturated/α-hetero) is 2. The summed E-state index contributed by atoms with van der Waals surface area (Å²) >= 11 is 0. The Morgan fingerprint density at radius 1 is 1.04 bits per heavy atom. The van der Waals surface area contributed by atoms with Gasteiger partial charge in [-0.25, -0.2) is 0 Å². The Morgan fingerprint density at radius 2 is 1.62 bits per heavy atom. The quantitative estimate of drug-likeness (QED) is 0.642. The topological polar surface area (TPSA) is 60.4 Å². The highest BCUT2D eigenvalue weighted by atomic mass is 16.6. The first-order chi connectivity index (χ1) is 11.4. The number of esters is 1. The maximum absolute atomic E-state index is 13.1. The molecule has 0 aromatic heterocycles. The van der Waals surface area contributed by atoms with Crippen molar-refractivity contribution in [3.05, 3.63) is 70.3 Å². The summed E-state index contributed by atoms with van der Waals surface area (Å²) in [5, 5.41) is 0. The molecule has 1 aliphatic rings. The molecular formula is C20H18O4. The lowest BCUT2D eigenvalue weighted by molar-refractivity contribution is -0.149. The van der Waals surface area contributed by atoms with Crippen molar-refractivity contribution in [2.24, 2.45) is 0 Å². The van der Waals surface area contributed by atoms with Crippen LogP contribution in [0.15, 0.2) is 42.5 Å². The van der Waals surface area contributed by atoms with Crippen LogP contribution >= 0.6 is 0 Å². The zero-order valence-corrected chi connectivity index (χ0v) is 13.9. The summed E-state index contributed by atoms with van der Waals surface area (Å²) in [5.74, 6) is -1.63. The van der Waals surface area contributed by atoms with Crippen LogP contribution in [0.5, 0.6) is 0 Å². The SMILES string of the molecule is CCc1ccc(C2(OC(C)=O)C(=O)c3ccccc3C2=O)c(C)c1. The summed E-state index contributed by atoms with van der Waals surface area (Å²) in [6.45, 7) is 5.06. The number of hydrogen-bond donors (Lipinski definition) is 0. The van der Waals surface area contributed by atoms with E-state index < -0.39 is 23.1 Å². The lowest BCUT2D eigenvalue weighted by Crippen LogP contribution is -2.43. The smallest absolute Gasteiger partial charge is 0.304 e. The fraction of sp³-hybridized carbons (Fsp3) is 0.250. The van der Waals surface area contributed by atoms with Crippen LogP contribution in [0.4, 0.5) is 0 Å². The molecule has 2 aromatic carbocycles. The third-order valence-electron chi connectivity index (χ3n) is 4.43. The van der Waals surface area contributed by atoms with Gasteiger partial charge in [-0.05, 0) is 24.5 Å². The Labute approximate surface area is 140 Å². The van der Waals surface area contributed by atoms with Gasteiger partial charge in [-0.3, -0.25) is 14.4 Å². The normalized spacial score (nSPS) is 15.3. The van der Waals surface area contributed by atoms with Gasteiger partial charge in [-0.15, -0.1) is 0 Å². The molecule has 0 fully saturated rings. The van der Waals surface area contributed by atoms with Gasteiger partial charge in [0.1, 0.15) is 0 Å². The van der Waals surface area contributed by atoms with Crippen LogP contribution < -0.4 is 0 Å². The highest BCUT2D eigenvalue weighted by Gasteiger charge is 2.57. The van der Waals surface area contributed by atoms with E-state index in [-0.39, 0.29) is 0 Å². The third kappa shape index (κ3) is 2.18. The molecule has 2 aromatic rings. The highest BCUT2D eigenvalue weighted by Crippen LogP contribution is 2.42. The second-order valence-corrected chi connectivity index (χ2v) is 5.98. The van der Waals surface area contributed by atoms with Crippen molar-refractivity contribution in [1.82, 2.24) is 0 Å². The summed E-state index contributed by atoms with van der Waals surface area (Å²) in [6, 6.07) is 12.1. The minimum absolute atomic E-state index is 0.294. The number of rotatable bonds is 3.